The maximum absolute atomic E-state index is 14.3. The van der Waals surface area contributed by atoms with Gasteiger partial charge in [-0.15, -0.1) is 0 Å². The second-order valence-corrected chi connectivity index (χ2v) is 9.88. The molecule has 0 aliphatic heterocycles. The first-order valence-electron chi connectivity index (χ1n) is 11.4. The fraction of sp³-hybridized carbons (Fsp3) is 0. The number of nitro groups is 1. The highest BCUT2D eigenvalue weighted by Crippen LogP contribution is 2.33. The van der Waals surface area contributed by atoms with Crippen LogP contribution >= 0.6 is 0 Å². The number of anilines is 1. The third-order valence-corrected chi connectivity index (χ3v) is 7.55. The van der Waals surface area contributed by atoms with E-state index in [2.05, 4.69) is 0 Å². The fourth-order valence-corrected chi connectivity index (χ4v) is 5.74. The normalized spacial score (nSPS) is 11.8. The first-order valence-corrected chi connectivity index (χ1v) is 12.9. The van der Waals surface area contributed by atoms with Gasteiger partial charge in [-0.25, -0.2) is 17.7 Å². The summed E-state index contributed by atoms with van der Waals surface area (Å²) in [4.78, 5) is 15.5. The summed E-state index contributed by atoms with van der Waals surface area (Å²) in [6.45, 7) is 0. The van der Waals surface area contributed by atoms with Crippen LogP contribution in [0.3, 0.4) is 0 Å². The molecule has 0 N–H and O–H groups in total. The summed E-state index contributed by atoms with van der Waals surface area (Å²) in [5.74, 6) is 0.118. The van der Waals surface area contributed by atoms with Crippen molar-refractivity contribution in [3.63, 3.8) is 0 Å². The van der Waals surface area contributed by atoms with Crippen molar-refractivity contribution in [3.8, 4) is 0 Å². The average molecular weight is 508 g/mol. The third-order valence-electron chi connectivity index (χ3n) is 5.79. The Bertz CT molecular complexity index is 1720. The van der Waals surface area contributed by atoms with Crippen molar-refractivity contribution in [2.24, 2.45) is 4.99 Å². The smallest absolute Gasteiger partial charge is 0.258 e. The van der Waals surface area contributed by atoms with Gasteiger partial charge < -0.3 is 0 Å². The van der Waals surface area contributed by atoms with Crippen LogP contribution in [-0.4, -0.2) is 19.2 Å². The molecular formula is C29H21N3O4S. The van der Waals surface area contributed by atoms with Crippen LogP contribution in [-0.2, 0) is 10.0 Å². The molecule has 5 aromatic carbocycles. The molecule has 0 heterocycles. The molecule has 0 aromatic heterocycles. The predicted octanol–water partition coefficient (Wildman–Crippen LogP) is 6.72. The summed E-state index contributed by atoms with van der Waals surface area (Å²) in [7, 11) is -4.51. The minimum atomic E-state index is -4.51. The van der Waals surface area contributed by atoms with Gasteiger partial charge >= 0.3 is 0 Å². The van der Waals surface area contributed by atoms with Crippen LogP contribution in [0.15, 0.2) is 137 Å². The number of sulfonamides is 1. The van der Waals surface area contributed by atoms with E-state index in [0.29, 0.717) is 16.9 Å². The number of hydrogen-bond acceptors (Lipinski definition) is 5. The Labute approximate surface area is 214 Å². The zero-order valence-electron chi connectivity index (χ0n) is 19.5. The Morgan fingerprint density at radius 2 is 1.30 bits per heavy atom. The van der Waals surface area contributed by atoms with Crippen LogP contribution in [0, 0.1) is 10.1 Å². The predicted molar refractivity (Wildman–Crippen MR) is 146 cm³/mol. The number of nitro benzene ring substituents is 1. The molecular weight excluding hydrogens is 486 g/mol. The van der Waals surface area contributed by atoms with Gasteiger partial charge in [-0.2, -0.15) is 0 Å². The maximum atomic E-state index is 14.3. The van der Waals surface area contributed by atoms with Gasteiger partial charge in [0.2, 0.25) is 0 Å². The Hall–Kier alpha value is -4.82. The van der Waals surface area contributed by atoms with Crippen molar-refractivity contribution in [3.05, 3.63) is 143 Å². The minimum Gasteiger partial charge on any atom is -0.258 e. The molecule has 0 bridgehead atoms. The monoisotopic (exact) mass is 507 g/mol. The van der Waals surface area contributed by atoms with Crippen LogP contribution in [0.4, 0.5) is 17.1 Å². The van der Waals surface area contributed by atoms with Gasteiger partial charge in [-0.05, 0) is 41.1 Å². The maximum Gasteiger partial charge on any atom is 0.289 e. The van der Waals surface area contributed by atoms with Gasteiger partial charge in [0.05, 0.1) is 16.3 Å². The number of rotatable bonds is 6. The van der Waals surface area contributed by atoms with E-state index in [4.69, 9.17) is 4.99 Å². The Morgan fingerprint density at radius 3 is 2.03 bits per heavy atom. The van der Waals surface area contributed by atoms with Gasteiger partial charge in [0.25, 0.3) is 15.7 Å². The van der Waals surface area contributed by atoms with Crippen LogP contribution in [0.1, 0.15) is 5.56 Å². The lowest BCUT2D eigenvalue weighted by Crippen LogP contribution is -2.38. The number of aliphatic imine (C=N–C) groups is 1. The number of nitrogens with zero attached hydrogens (tertiary/aromatic N) is 3. The quantitative estimate of drug-likeness (QED) is 0.110. The van der Waals surface area contributed by atoms with Gasteiger partial charge in [-0.1, -0.05) is 91.0 Å². The largest absolute Gasteiger partial charge is 0.289 e. The summed E-state index contributed by atoms with van der Waals surface area (Å²) in [5, 5.41) is 13.5. The van der Waals surface area contributed by atoms with E-state index < -0.39 is 25.5 Å². The molecule has 0 aliphatic rings. The van der Waals surface area contributed by atoms with Crippen molar-refractivity contribution in [1.29, 1.82) is 0 Å². The highest BCUT2D eigenvalue weighted by atomic mass is 32.2. The van der Waals surface area contributed by atoms with E-state index in [1.54, 1.807) is 48.5 Å². The summed E-state index contributed by atoms with van der Waals surface area (Å²) in [6.07, 6.45) is 0. The van der Waals surface area contributed by atoms with Crippen molar-refractivity contribution in [2.75, 3.05) is 4.31 Å². The molecule has 37 heavy (non-hydrogen) atoms. The van der Waals surface area contributed by atoms with Gasteiger partial charge in [0.1, 0.15) is 0 Å². The molecule has 5 aromatic rings. The van der Waals surface area contributed by atoms with Gasteiger partial charge in [0.15, 0.2) is 10.7 Å². The molecule has 0 spiro atoms. The molecule has 182 valence electrons. The average Bonchev–Trinajstić information content (AvgIpc) is 2.93. The number of para-hydroxylation sites is 3. The molecule has 0 saturated carbocycles. The Balaban J connectivity index is 1.87. The van der Waals surface area contributed by atoms with Gasteiger partial charge in [0, 0.05) is 11.6 Å². The molecule has 8 heteroatoms. The fourth-order valence-electron chi connectivity index (χ4n) is 4.12. The molecule has 0 amide bonds. The number of fused-ring (bicyclic) bond motifs is 1. The highest BCUT2D eigenvalue weighted by Gasteiger charge is 2.36. The Kier molecular flexibility index (Phi) is 6.49. The lowest BCUT2D eigenvalue weighted by Gasteiger charge is -2.27. The Morgan fingerprint density at radius 1 is 0.703 bits per heavy atom. The van der Waals surface area contributed by atoms with Crippen LogP contribution < -0.4 is 4.31 Å². The topological polar surface area (TPSA) is 92.9 Å². The molecule has 0 fully saturated rings. The standard InChI is InChI=1S/C29H21N3O4S/c33-32(34)27-20-9-10-21-28(27)37(35,36)31(24-16-5-2-6-17-24)29(30-23-14-3-1-4-15-23)26-19-11-13-22-12-7-8-18-25(22)26/h1-21H. The van der Waals surface area contributed by atoms with Crippen LogP contribution in [0.2, 0.25) is 0 Å². The molecule has 0 radical (unpaired) electrons. The van der Waals surface area contributed by atoms with Crippen molar-refractivity contribution in [2.45, 2.75) is 4.90 Å². The lowest BCUT2D eigenvalue weighted by molar-refractivity contribution is -0.387. The number of hydrogen-bond donors (Lipinski definition) is 0. The van der Waals surface area contributed by atoms with E-state index in [1.165, 1.54) is 24.3 Å². The molecule has 5 rings (SSSR count). The minimum absolute atomic E-state index is 0.118. The number of benzene rings is 5. The van der Waals surface area contributed by atoms with Crippen molar-refractivity contribution >= 4 is 43.7 Å². The summed E-state index contributed by atoms with van der Waals surface area (Å²) < 4.78 is 29.8. The first kappa shape index (κ1) is 23.9. The van der Waals surface area contributed by atoms with E-state index in [0.717, 1.165) is 15.1 Å². The van der Waals surface area contributed by atoms with Crippen LogP contribution in [0.25, 0.3) is 10.8 Å². The van der Waals surface area contributed by atoms with E-state index in [-0.39, 0.29) is 5.84 Å². The number of amidine groups is 1. The van der Waals surface area contributed by atoms with Gasteiger partial charge in [-0.3, -0.25) is 10.1 Å². The lowest BCUT2D eigenvalue weighted by atomic mass is 10.0. The van der Waals surface area contributed by atoms with Crippen LogP contribution in [0.5, 0.6) is 0 Å². The molecule has 0 saturated heterocycles. The molecule has 0 aliphatic carbocycles. The van der Waals surface area contributed by atoms with E-state index in [1.807, 2.05) is 54.6 Å². The molecule has 7 nitrogen and oxygen atoms in total. The zero-order chi connectivity index (χ0) is 25.8. The summed E-state index contributed by atoms with van der Waals surface area (Å²) in [5.41, 5.74) is 0.876. The second kappa shape index (κ2) is 10.0. The van der Waals surface area contributed by atoms with E-state index in [9.17, 15) is 18.5 Å². The van der Waals surface area contributed by atoms with E-state index >= 15 is 0 Å². The SMILES string of the molecule is O=[N+]([O-])c1ccccc1S(=O)(=O)N(C(=Nc1ccccc1)c1cccc2ccccc12)c1ccccc1. The first-order chi connectivity index (χ1) is 18.0. The zero-order valence-corrected chi connectivity index (χ0v) is 20.3. The summed E-state index contributed by atoms with van der Waals surface area (Å²) in [6, 6.07) is 36.0. The van der Waals surface area contributed by atoms with Crippen molar-refractivity contribution in [1.82, 2.24) is 0 Å². The highest BCUT2D eigenvalue weighted by molar-refractivity contribution is 7.93. The third kappa shape index (κ3) is 4.70. The molecule has 0 unspecified atom stereocenters. The van der Waals surface area contributed by atoms with Crippen molar-refractivity contribution < 1.29 is 13.3 Å². The summed E-state index contributed by atoms with van der Waals surface area (Å²) >= 11 is 0. The molecule has 0 atom stereocenters. The second-order valence-electron chi connectivity index (χ2n) is 8.13.